The third-order valence-corrected chi connectivity index (χ3v) is 3.96. The van der Waals surface area contributed by atoms with Crippen molar-refractivity contribution < 1.29 is 0 Å². The zero-order valence-electron chi connectivity index (χ0n) is 9.61. The summed E-state index contributed by atoms with van der Waals surface area (Å²) in [6.45, 7) is 0.404. The smallest absolute Gasteiger partial charge is 0.165 e. The fraction of sp³-hybridized carbons (Fsp3) is 0.333. The molecule has 3 rings (SSSR count). The standard InChI is InChI=1S/C12H12BrClN4/c13-10-4-1-7(14)5-9(10)12-17-16-11(6-15)18(12)8-2-3-8/h1,4-5,8H,2-3,6,15H2. The summed E-state index contributed by atoms with van der Waals surface area (Å²) in [7, 11) is 0. The van der Waals surface area contributed by atoms with E-state index in [1.165, 1.54) is 0 Å². The van der Waals surface area contributed by atoms with Gasteiger partial charge in [-0.15, -0.1) is 10.2 Å². The van der Waals surface area contributed by atoms with Crippen LogP contribution in [-0.4, -0.2) is 14.8 Å². The van der Waals surface area contributed by atoms with E-state index in [1.807, 2.05) is 18.2 Å². The number of halogens is 2. The maximum atomic E-state index is 6.05. The zero-order chi connectivity index (χ0) is 12.7. The van der Waals surface area contributed by atoms with Gasteiger partial charge in [-0.25, -0.2) is 0 Å². The lowest BCUT2D eigenvalue weighted by molar-refractivity contribution is 0.687. The summed E-state index contributed by atoms with van der Waals surface area (Å²) < 4.78 is 3.10. The SMILES string of the molecule is NCc1nnc(-c2cc(Cl)ccc2Br)n1C1CC1. The maximum absolute atomic E-state index is 6.05. The number of benzene rings is 1. The Morgan fingerprint density at radius 2 is 2.17 bits per heavy atom. The Bertz CT molecular complexity index is 592. The molecule has 0 bridgehead atoms. The van der Waals surface area contributed by atoms with Crippen LogP contribution in [0.3, 0.4) is 0 Å². The molecule has 2 aromatic rings. The Labute approximate surface area is 118 Å². The van der Waals surface area contributed by atoms with E-state index in [0.29, 0.717) is 17.6 Å². The number of hydrogen-bond acceptors (Lipinski definition) is 3. The molecule has 0 aliphatic heterocycles. The molecule has 1 aliphatic carbocycles. The minimum atomic E-state index is 0.404. The van der Waals surface area contributed by atoms with Crippen molar-refractivity contribution in [3.63, 3.8) is 0 Å². The van der Waals surface area contributed by atoms with Crippen molar-refractivity contribution in [1.82, 2.24) is 14.8 Å². The van der Waals surface area contributed by atoms with Gasteiger partial charge >= 0.3 is 0 Å². The van der Waals surface area contributed by atoms with Crippen LogP contribution in [-0.2, 0) is 6.54 Å². The lowest BCUT2D eigenvalue weighted by atomic mass is 10.2. The Hall–Kier alpha value is -0.910. The molecule has 6 heteroatoms. The molecule has 1 aromatic heterocycles. The first kappa shape index (κ1) is 12.1. The number of rotatable bonds is 3. The van der Waals surface area contributed by atoms with E-state index < -0.39 is 0 Å². The molecule has 0 saturated heterocycles. The maximum Gasteiger partial charge on any atom is 0.165 e. The second-order valence-corrected chi connectivity index (χ2v) is 5.66. The Balaban J connectivity index is 2.16. The highest BCUT2D eigenvalue weighted by Crippen LogP contribution is 2.40. The van der Waals surface area contributed by atoms with E-state index >= 15 is 0 Å². The average molecular weight is 328 g/mol. The molecule has 0 amide bonds. The van der Waals surface area contributed by atoms with Crippen molar-refractivity contribution in [1.29, 1.82) is 0 Å². The van der Waals surface area contributed by atoms with Gasteiger partial charge in [-0.2, -0.15) is 0 Å². The van der Waals surface area contributed by atoms with Gasteiger partial charge in [0.2, 0.25) is 0 Å². The predicted octanol–water partition coefficient (Wildman–Crippen LogP) is 3.15. The second kappa shape index (κ2) is 4.64. The van der Waals surface area contributed by atoms with Crippen LogP contribution in [0.2, 0.25) is 5.02 Å². The molecule has 4 nitrogen and oxygen atoms in total. The van der Waals surface area contributed by atoms with Crippen LogP contribution in [0, 0.1) is 0 Å². The lowest BCUT2D eigenvalue weighted by Gasteiger charge is -2.09. The largest absolute Gasteiger partial charge is 0.324 e. The van der Waals surface area contributed by atoms with Crippen molar-refractivity contribution in [3.8, 4) is 11.4 Å². The van der Waals surface area contributed by atoms with E-state index in [0.717, 1.165) is 34.5 Å². The normalized spacial score (nSPS) is 15.1. The molecule has 1 aliphatic rings. The molecule has 2 N–H and O–H groups in total. The van der Waals surface area contributed by atoms with Gasteiger partial charge in [0.25, 0.3) is 0 Å². The Morgan fingerprint density at radius 1 is 1.39 bits per heavy atom. The number of nitrogens with zero attached hydrogens (tertiary/aromatic N) is 3. The molecule has 1 aromatic carbocycles. The van der Waals surface area contributed by atoms with Crippen molar-refractivity contribution in [3.05, 3.63) is 33.5 Å². The van der Waals surface area contributed by atoms with E-state index in [1.54, 1.807) is 0 Å². The molecule has 0 spiro atoms. The van der Waals surface area contributed by atoms with Gasteiger partial charge in [0, 0.05) is 21.1 Å². The van der Waals surface area contributed by atoms with Crippen molar-refractivity contribution >= 4 is 27.5 Å². The van der Waals surface area contributed by atoms with Gasteiger partial charge in [0.05, 0.1) is 6.54 Å². The molecule has 1 fully saturated rings. The zero-order valence-corrected chi connectivity index (χ0v) is 11.9. The molecule has 1 heterocycles. The van der Waals surface area contributed by atoms with Crippen molar-refractivity contribution in [2.75, 3.05) is 0 Å². The summed E-state index contributed by atoms with van der Waals surface area (Å²) in [5.74, 6) is 1.67. The average Bonchev–Trinajstić information content (AvgIpc) is 3.12. The van der Waals surface area contributed by atoms with Crippen molar-refractivity contribution in [2.45, 2.75) is 25.4 Å². The minimum absolute atomic E-state index is 0.404. The predicted molar refractivity (Wildman–Crippen MR) is 74.3 cm³/mol. The minimum Gasteiger partial charge on any atom is -0.324 e. The van der Waals surface area contributed by atoms with E-state index in [4.69, 9.17) is 17.3 Å². The second-order valence-electron chi connectivity index (χ2n) is 4.37. The van der Waals surface area contributed by atoms with E-state index in [9.17, 15) is 0 Å². The van der Waals surface area contributed by atoms with Gasteiger partial charge in [-0.3, -0.25) is 0 Å². The van der Waals surface area contributed by atoms with Gasteiger partial charge in [-0.1, -0.05) is 27.5 Å². The first-order valence-corrected chi connectivity index (χ1v) is 6.97. The summed E-state index contributed by atoms with van der Waals surface area (Å²) in [6, 6.07) is 6.15. The topological polar surface area (TPSA) is 56.7 Å². The quantitative estimate of drug-likeness (QED) is 0.942. The summed E-state index contributed by atoms with van der Waals surface area (Å²) in [4.78, 5) is 0. The van der Waals surface area contributed by atoms with Crippen LogP contribution in [0.15, 0.2) is 22.7 Å². The summed E-state index contributed by atoms with van der Waals surface area (Å²) in [6.07, 6.45) is 2.33. The number of nitrogens with two attached hydrogens (primary N) is 1. The van der Waals surface area contributed by atoms with Crippen LogP contribution < -0.4 is 5.73 Å². The van der Waals surface area contributed by atoms with Crippen LogP contribution >= 0.6 is 27.5 Å². The van der Waals surface area contributed by atoms with Crippen LogP contribution in [0.5, 0.6) is 0 Å². The highest BCUT2D eigenvalue weighted by Gasteiger charge is 2.30. The Morgan fingerprint density at radius 3 is 2.83 bits per heavy atom. The molecular weight excluding hydrogens is 316 g/mol. The van der Waals surface area contributed by atoms with E-state index in [-0.39, 0.29) is 0 Å². The summed E-state index contributed by atoms with van der Waals surface area (Å²) in [5.41, 5.74) is 6.67. The molecule has 1 saturated carbocycles. The monoisotopic (exact) mass is 326 g/mol. The van der Waals surface area contributed by atoms with Gasteiger partial charge in [0.1, 0.15) is 5.82 Å². The molecule has 18 heavy (non-hydrogen) atoms. The summed E-state index contributed by atoms with van der Waals surface area (Å²) >= 11 is 9.58. The molecular formula is C12H12BrClN4. The van der Waals surface area contributed by atoms with Crippen LogP contribution in [0.4, 0.5) is 0 Å². The van der Waals surface area contributed by atoms with Crippen LogP contribution in [0.25, 0.3) is 11.4 Å². The van der Waals surface area contributed by atoms with Crippen LogP contribution in [0.1, 0.15) is 24.7 Å². The number of aromatic nitrogens is 3. The highest BCUT2D eigenvalue weighted by molar-refractivity contribution is 9.10. The third kappa shape index (κ3) is 2.06. The first-order valence-electron chi connectivity index (χ1n) is 5.80. The number of hydrogen-bond donors (Lipinski definition) is 1. The fourth-order valence-corrected chi connectivity index (χ4v) is 2.63. The van der Waals surface area contributed by atoms with E-state index in [2.05, 4.69) is 30.7 Å². The molecule has 0 radical (unpaired) electrons. The molecule has 94 valence electrons. The van der Waals surface area contributed by atoms with Crippen molar-refractivity contribution in [2.24, 2.45) is 5.73 Å². The molecule has 0 atom stereocenters. The van der Waals surface area contributed by atoms with Gasteiger partial charge in [-0.05, 0) is 31.0 Å². The first-order chi connectivity index (χ1) is 8.70. The Kier molecular flexibility index (Phi) is 3.13. The van der Waals surface area contributed by atoms with Gasteiger partial charge < -0.3 is 10.3 Å². The lowest BCUT2D eigenvalue weighted by Crippen LogP contribution is -2.08. The molecule has 0 unspecified atom stereocenters. The van der Waals surface area contributed by atoms with Gasteiger partial charge in [0.15, 0.2) is 5.82 Å². The highest BCUT2D eigenvalue weighted by atomic mass is 79.9. The summed E-state index contributed by atoms with van der Waals surface area (Å²) in [5, 5.41) is 9.12. The fourth-order valence-electron chi connectivity index (χ4n) is 2.03. The third-order valence-electron chi connectivity index (χ3n) is 3.03.